The first-order chi connectivity index (χ1) is 7.67. The van der Waals surface area contributed by atoms with Crippen LogP contribution in [-0.2, 0) is 5.54 Å². The molecule has 0 saturated carbocycles. The van der Waals surface area contributed by atoms with Crippen molar-refractivity contribution in [3.8, 4) is 0 Å². The monoisotopic (exact) mass is 235 g/mol. The zero-order chi connectivity index (χ0) is 11.2. The Bertz CT molecular complexity index is 578. The highest BCUT2D eigenvalue weighted by molar-refractivity contribution is 7.16. The maximum absolute atomic E-state index is 11.1. The minimum Gasteiger partial charge on any atom is -0.414 e. The van der Waals surface area contributed by atoms with Crippen molar-refractivity contribution in [3.05, 3.63) is 33.5 Å². The summed E-state index contributed by atoms with van der Waals surface area (Å²) in [5, 5.41) is 3.52. The Kier molecular flexibility index (Phi) is 2.16. The zero-order valence-corrected chi connectivity index (χ0v) is 9.89. The molecular formula is C12H13NO2S. The molecule has 0 spiro atoms. The Hall–Kier alpha value is -1.13. The van der Waals surface area contributed by atoms with Crippen LogP contribution in [0.2, 0.25) is 0 Å². The Morgan fingerprint density at radius 2 is 2.38 bits per heavy atom. The van der Waals surface area contributed by atoms with Gasteiger partial charge in [0.05, 0.1) is 4.70 Å². The van der Waals surface area contributed by atoms with Gasteiger partial charge in [0, 0.05) is 5.54 Å². The Balaban J connectivity index is 2.14. The van der Waals surface area contributed by atoms with Crippen LogP contribution in [0, 0.1) is 0 Å². The summed E-state index contributed by atoms with van der Waals surface area (Å²) in [6.45, 7) is 3.28. The molecule has 1 atom stereocenters. The second-order valence-corrected chi connectivity index (χ2v) is 5.46. The molecule has 3 nitrogen and oxygen atoms in total. The Labute approximate surface area is 97.1 Å². The lowest BCUT2D eigenvalue weighted by atomic mass is 9.91. The highest BCUT2D eigenvalue weighted by Crippen LogP contribution is 2.32. The van der Waals surface area contributed by atoms with E-state index < -0.39 is 0 Å². The van der Waals surface area contributed by atoms with E-state index in [9.17, 15) is 4.79 Å². The molecule has 1 unspecified atom stereocenters. The molecule has 0 aliphatic carbocycles. The fourth-order valence-corrected chi connectivity index (χ4v) is 3.06. The van der Waals surface area contributed by atoms with E-state index in [1.54, 1.807) is 0 Å². The fraction of sp³-hybridized carbons (Fsp3) is 0.417. The molecule has 1 saturated heterocycles. The van der Waals surface area contributed by atoms with Gasteiger partial charge < -0.3 is 9.73 Å². The maximum atomic E-state index is 11.1. The van der Waals surface area contributed by atoms with Gasteiger partial charge in [-0.1, -0.05) is 17.4 Å². The highest BCUT2D eigenvalue weighted by Gasteiger charge is 2.30. The van der Waals surface area contributed by atoms with E-state index in [0.29, 0.717) is 5.58 Å². The second-order valence-electron chi connectivity index (χ2n) is 4.48. The Morgan fingerprint density at radius 1 is 1.50 bits per heavy atom. The standard InChI is InChI=1S/C12H13NO2S/c1-12(5-2-6-13-12)8-3-4-9-10(7-8)16-11(14)15-9/h3-4,7,13H,2,5-6H2,1H3. The summed E-state index contributed by atoms with van der Waals surface area (Å²) in [4.78, 5) is 10.9. The van der Waals surface area contributed by atoms with Crippen molar-refractivity contribution >= 4 is 21.6 Å². The van der Waals surface area contributed by atoms with Crippen molar-refractivity contribution in [1.29, 1.82) is 0 Å². The molecule has 2 heterocycles. The van der Waals surface area contributed by atoms with Crippen molar-refractivity contribution in [1.82, 2.24) is 5.32 Å². The number of rotatable bonds is 1. The van der Waals surface area contributed by atoms with Crippen LogP contribution in [0.5, 0.6) is 0 Å². The minimum absolute atomic E-state index is 0.0568. The third-order valence-corrected chi connectivity index (χ3v) is 4.13. The van der Waals surface area contributed by atoms with Gasteiger partial charge in [0.1, 0.15) is 5.58 Å². The highest BCUT2D eigenvalue weighted by atomic mass is 32.1. The summed E-state index contributed by atoms with van der Waals surface area (Å²) in [5.41, 5.74) is 2.00. The van der Waals surface area contributed by atoms with Gasteiger partial charge in [-0.2, -0.15) is 0 Å². The molecule has 1 aromatic carbocycles. The van der Waals surface area contributed by atoms with E-state index in [4.69, 9.17) is 4.42 Å². The second kappa shape index (κ2) is 3.43. The quantitative estimate of drug-likeness (QED) is 0.825. The normalized spacial score (nSPS) is 25.3. The van der Waals surface area contributed by atoms with Crippen molar-refractivity contribution in [3.63, 3.8) is 0 Å². The first-order valence-corrected chi connectivity index (χ1v) is 6.28. The van der Waals surface area contributed by atoms with Crippen LogP contribution >= 0.6 is 11.3 Å². The van der Waals surface area contributed by atoms with Crippen LogP contribution < -0.4 is 10.3 Å². The van der Waals surface area contributed by atoms with Gasteiger partial charge in [-0.3, -0.25) is 0 Å². The molecule has 0 radical (unpaired) electrons. The fourth-order valence-electron chi connectivity index (χ4n) is 2.36. The van der Waals surface area contributed by atoms with Crippen LogP contribution in [0.15, 0.2) is 27.4 Å². The molecule has 1 aromatic heterocycles. The summed E-state index contributed by atoms with van der Waals surface area (Å²) in [7, 11) is 0. The summed E-state index contributed by atoms with van der Waals surface area (Å²) >= 11 is 1.17. The van der Waals surface area contributed by atoms with Gasteiger partial charge in [0.2, 0.25) is 0 Å². The van der Waals surface area contributed by atoms with Crippen LogP contribution in [-0.4, -0.2) is 6.54 Å². The van der Waals surface area contributed by atoms with E-state index in [0.717, 1.165) is 17.7 Å². The molecule has 84 valence electrons. The number of hydrogen-bond acceptors (Lipinski definition) is 4. The molecule has 4 heteroatoms. The topological polar surface area (TPSA) is 42.2 Å². The molecule has 1 aliphatic heterocycles. The number of fused-ring (bicyclic) bond motifs is 1. The van der Waals surface area contributed by atoms with Crippen LogP contribution in [0.25, 0.3) is 10.3 Å². The maximum Gasteiger partial charge on any atom is 0.396 e. The molecule has 1 aliphatic rings. The molecule has 3 rings (SSSR count). The SMILES string of the molecule is CC1(c2ccc3oc(=O)sc3c2)CCCN1. The summed E-state index contributed by atoms with van der Waals surface area (Å²) in [6.07, 6.45) is 2.35. The van der Waals surface area contributed by atoms with E-state index >= 15 is 0 Å². The zero-order valence-electron chi connectivity index (χ0n) is 9.08. The lowest BCUT2D eigenvalue weighted by Gasteiger charge is -2.24. The number of nitrogens with one attached hydrogen (secondary N) is 1. The van der Waals surface area contributed by atoms with E-state index in [1.807, 2.05) is 6.07 Å². The average Bonchev–Trinajstić information content (AvgIpc) is 2.82. The molecule has 16 heavy (non-hydrogen) atoms. The largest absolute Gasteiger partial charge is 0.414 e. The summed E-state index contributed by atoms with van der Waals surface area (Å²) in [6, 6.07) is 6.02. The van der Waals surface area contributed by atoms with Gasteiger partial charge in [-0.25, -0.2) is 4.79 Å². The van der Waals surface area contributed by atoms with Crippen LogP contribution in [0.4, 0.5) is 0 Å². The van der Waals surface area contributed by atoms with Crippen molar-refractivity contribution < 1.29 is 4.42 Å². The van der Waals surface area contributed by atoms with Gasteiger partial charge in [-0.15, -0.1) is 0 Å². The first-order valence-electron chi connectivity index (χ1n) is 5.47. The molecule has 1 fully saturated rings. The molecular weight excluding hydrogens is 222 g/mol. The van der Waals surface area contributed by atoms with Gasteiger partial charge in [0.15, 0.2) is 0 Å². The molecule has 1 N–H and O–H groups in total. The predicted octanol–water partition coefficient (Wildman–Crippen LogP) is 2.45. The summed E-state index contributed by atoms with van der Waals surface area (Å²) < 4.78 is 6.00. The smallest absolute Gasteiger partial charge is 0.396 e. The third-order valence-electron chi connectivity index (χ3n) is 3.34. The molecule has 0 amide bonds. The van der Waals surface area contributed by atoms with E-state index in [2.05, 4.69) is 24.4 Å². The lowest BCUT2D eigenvalue weighted by molar-refractivity contribution is 0.435. The van der Waals surface area contributed by atoms with E-state index in [1.165, 1.54) is 23.3 Å². The first kappa shape index (κ1) is 10.1. The minimum atomic E-state index is -0.225. The predicted molar refractivity (Wildman–Crippen MR) is 64.9 cm³/mol. The van der Waals surface area contributed by atoms with Crippen LogP contribution in [0.3, 0.4) is 0 Å². The summed E-state index contributed by atoms with van der Waals surface area (Å²) in [5.74, 6) is 0. The van der Waals surface area contributed by atoms with Crippen LogP contribution in [0.1, 0.15) is 25.3 Å². The Morgan fingerprint density at radius 3 is 3.12 bits per heavy atom. The van der Waals surface area contributed by atoms with Crippen molar-refractivity contribution in [2.75, 3.05) is 6.54 Å². The molecule has 0 bridgehead atoms. The average molecular weight is 235 g/mol. The lowest BCUT2D eigenvalue weighted by Crippen LogP contribution is -2.32. The van der Waals surface area contributed by atoms with Gasteiger partial charge in [0.25, 0.3) is 0 Å². The van der Waals surface area contributed by atoms with Crippen molar-refractivity contribution in [2.24, 2.45) is 0 Å². The van der Waals surface area contributed by atoms with E-state index in [-0.39, 0.29) is 10.5 Å². The number of hydrogen-bond donors (Lipinski definition) is 1. The third kappa shape index (κ3) is 1.49. The van der Waals surface area contributed by atoms with Gasteiger partial charge in [-0.05, 0) is 44.0 Å². The molecule has 2 aromatic rings. The number of benzene rings is 1. The van der Waals surface area contributed by atoms with Crippen molar-refractivity contribution in [2.45, 2.75) is 25.3 Å². The van der Waals surface area contributed by atoms with Gasteiger partial charge >= 0.3 is 4.94 Å².